The molecule has 4 heterocycles. The summed E-state index contributed by atoms with van der Waals surface area (Å²) in [6.45, 7) is 3.88. The zero-order chi connectivity index (χ0) is 25.2. The smallest absolute Gasteiger partial charge is 0.226 e. The molecule has 0 radical (unpaired) electrons. The summed E-state index contributed by atoms with van der Waals surface area (Å²) in [5.41, 5.74) is 4.63. The molecule has 2 atom stereocenters. The van der Waals surface area contributed by atoms with Crippen molar-refractivity contribution in [2.24, 2.45) is 0 Å². The van der Waals surface area contributed by atoms with Crippen LogP contribution < -0.4 is 9.64 Å². The number of H-pyrrole nitrogens is 1. The Hall–Kier alpha value is -3.13. The number of aliphatic hydroxyl groups is 1. The second-order valence-corrected chi connectivity index (χ2v) is 10.4. The zero-order valence-electron chi connectivity index (χ0n) is 20.8. The van der Waals surface area contributed by atoms with Gasteiger partial charge in [-0.15, -0.1) is 0 Å². The van der Waals surface area contributed by atoms with Crippen molar-refractivity contribution in [2.45, 2.75) is 37.8 Å². The summed E-state index contributed by atoms with van der Waals surface area (Å²) in [5.74, 6) is 1.46. The SMILES string of the molecule is O[C@@H](COc1ccc([C@H]2c3[nH]c4ccc(Cl)cc4c3CCN2c2ncccn2)cc1)CN1CCCCC1. The van der Waals surface area contributed by atoms with Gasteiger partial charge in [0.2, 0.25) is 5.95 Å². The van der Waals surface area contributed by atoms with Crippen LogP contribution in [0.1, 0.15) is 42.1 Å². The monoisotopic (exact) mass is 517 g/mol. The lowest BCUT2D eigenvalue weighted by Gasteiger charge is -2.36. The predicted octanol–water partition coefficient (Wildman–Crippen LogP) is 4.99. The average Bonchev–Trinajstić information content (AvgIpc) is 3.30. The molecule has 37 heavy (non-hydrogen) atoms. The van der Waals surface area contributed by atoms with Gasteiger partial charge in [-0.05, 0) is 79.9 Å². The standard InChI is InChI=1S/C29H32ClN5O2/c30-21-7-10-26-25(17-21)24-11-16-35(29-31-12-4-13-32-29)28(27(24)33-26)20-5-8-23(9-6-20)37-19-22(36)18-34-14-2-1-3-15-34/h4-10,12-13,17,22,28,33,36H,1-3,11,14-16,18-19H2/t22-,28+/m1/s1. The van der Waals surface area contributed by atoms with Crippen LogP contribution in [0.4, 0.5) is 5.95 Å². The number of halogens is 1. The van der Waals surface area contributed by atoms with Gasteiger partial charge >= 0.3 is 0 Å². The molecule has 0 bridgehead atoms. The second kappa shape index (κ2) is 10.7. The summed E-state index contributed by atoms with van der Waals surface area (Å²) in [6.07, 6.45) is 7.66. The lowest BCUT2D eigenvalue weighted by Crippen LogP contribution is -2.38. The molecule has 1 fully saturated rings. The lowest BCUT2D eigenvalue weighted by molar-refractivity contribution is 0.0617. The topological polar surface area (TPSA) is 77.5 Å². The van der Waals surface area contributed by atoms with E-state index in [1.807, 2.05) is 36.4 Å². The maximum Gasteiger partial charge on any atom is 0.226 e. The van der Waals surface area contributed by atoms with E-state index in [1.54, 1.807) is 12.4 Å². The summed E-state index contributed by atoms with van der Waals surface area (Å²) in [7, 11) is 0. The van der Waals surface area contributed by atoms with Gasteiger partial charge in [-0.3, -0.25) is 0 Å². The number of aromatic nitrogens is 3. The molecule has 0 spiro atoms. The molecule has 192 valence electrons. The number of nitrogens with zero attached hydrogens (tertiary/aromatic N) is 4. The van der Waals surface area contributed by atoms with Crippen molar-refractivity contribution < 1.29 is 9.84 Å². The van der Waals surface area contributed by atoms with Crippen molar-refractivity contribution >= 4 is 28.5 Å². The molecule has 0 unspecified atom stereocenters. The van der Waals surface area contributed by atoms with Crippen LogP contribution in [0.15, 0.2) is 60.9 Å². The number of hydrogen-bond acceptors (Lipinski definition) is 6. The predicted molar refractivity (Wildman–Crippen MR) is 146 cm³/mol. The van der Waals surface area contributed by atoms with Crippen LogP contribution in [0, 0.1) is 0 Å². The van der Waals surface area contributed by atoms with Crippen LogP contribution in [0.2, 0.25) is 5.02 Å². The summed E-state index contributed by atoms with van der Waals surface area (Å²) in [6, 6.07) is 15.9. The molecule has 2 N–H and O–H groups in total. The zero-order valence-corrected chi connectivity index (χ0v) is 21.6. The molecule has 2 aromatic carbocycles. The maximum atomic E-state index is 10.5. The number of likely N-dealkylation sites (tertiary alicyclic amines) is 1. The van der Waals surface area contributed by atoms with Crippen LogP contribution in [0.25, 0.3) is 10.9 Å². The highest BCUT2D eigenvalue weighted by Gasteiger charge is 2.33. The summed E-state index contributed by atoms with van der Waals surface area (Å²) < 4.78 is 5.96. The number of ether oxygens (including phenoxy) is 1. The van der Waals surface area contributed by atoms with E-state index in [2.05, 4.69) is 36.9 Å². The molecule has 2 aliphatic rings. The van der Waals surface area contributed by atoms with Crippen LogP contribution in [0.3, 0.4) is 0 Å². The highest BCUT2D eigenvalue weighted by molar-refractivity contribution is 6.31. The van der Waals surface area contributed by atoms with E-state index < -0.39 is 6.10 Å². The molecule has 4 aromatic rings. The van der Waals surface area contributed by atoms with Crippen LogP contribution >= 0.6 is 11.6 Å². The van der Waals surface area contributed by atoms with Gasteiger partial charge in [0.1, 0.15) is 18.5 Å². The number of fused-ring (bicyclic) bond motifs is 3. The fraction of sp³-hybridized carbons (Fsp3) is 0.379. The third-order valence-electron chi connectivity index (χ3n) is 7.45. The van der Waals surface area contributed by atoms with Gasteiger partial charge in [0.25, 0.3) is 0 Å². The highest BCUT2D eigenvalue weighted by atomic mass is 35.5. The number of aliphatic hydroxyl groups excluding tert-OH is 1. The van der Waals surface area contributed by atoms with E-state index in [9.17, 15) is 5.11 Å². The average molecular weight is 518 g/mol. The van der Waals surface area contributed by atoms with Crippen molar-refractivity contribution in [3.63, 3.8) is 0 Å². The summed E-state index contributed by atoms with van der Waals surface area (Å²) in [4.78, 5) is 17.3. The Morgan fingerprint density at radius 2 is 1.81 bits per heavy atom. The Morgan fingerprint density at radius 1 is 1.03 bits per heavy atom. The number of hydrogen-bond donors (Lipinski definition) is 2. The van der Waals surface area contributed by atoms with Crippen molar-refractivity contribution in [1.29, 1.82) is 0 Å². The Labute approximate surface area is 222 Å². The maximum absolute atomic E-state index is 10.5. The molecule has 8 heteroatoms. The Bertz CT molecular complexity index is 1340. The molecule has 2 aliphatic heterocycles. The minimum absolute atomic E-state index is 0.0731. The van der Waals surface area contributed by atoms with Gasteiger partial charge in [-0.2, -0.15) is 0 Å². The number of nitrogens with one attached hydrogen (secondary N) is 1. The fourth-order valence-electron chi connectivity index (χ4n) is 5.69. The molecule has 1 saturated heterocycles. The van der Waals surface area contributed by atoms with Crippen LogP contribution in [-0.4, -0.2) is 63.8 Å². The van der Waals surface area contributed by atoms with E-state index in [0.29, 0.717) is 12.5 Å². The Morgan fingerprint density at radius 3 is 2.59 bits per heavy atom. The number of rotatable bonds is 7. The number of aromatic amines is 1. The quantitative estimate of drug-likeness (QED) is 0.359. The number of β-amino-alcohol motifs (C(OH)–C–C–N with tert-alkyl or cyclic N) is 1. The van der Waals surface area contributed by atoms with E-state index >= 15 is 0 Å². The Kier molecular flexibility index (Phi) is 7.00. The van der Waals surface area contributed by atoms with E-state index in [4.69, 9.17) is 16.3 Å². The van der Waals surface area contributed by atoms with Crippen molar-refractivity contribution in [3.8, 4) is 5.75 Å². The van der Waals surface area contributed by atoms with E-state index in [0.717, 1.165) is 53.6 Å². The largest absolute Gasteiger partial charge is 0.491 e. The van der Waals surface area contributed by atoms with Crippen LogP contribution in [-0.2, 0) is 6.42 Å². The number of piperidine rings is 1. The third-order valence-corrected chi connectivity index (χ3v) is 7.69. The molecule has 6 rings (SSSR count). The first-order valence-electron chi connectivity index (χ1n) is 13.1. The van der Waals surface area contributed by atoms with E-state index in [1.165, 1.54) is 30.2 Å². The normalized spacial score (nSPS) is 19.1. The first-order valence-corrected chi connectivity index (χ1v) is 13.5. The number of benzene rings is 2. The third kappa shape index (κ3) is 5.17. The van der Waals surface area contributed by atoms with Crippen molar-refractivity contribution in [1.82, 2.24) is 19.9 Å². The molecule has 0 amide bonds. The molecule has 0 aliphatic carbocycles. The molecular weight excluding hydrogens is 486 g/mol. The minimum atomic E-state index is -0.498. The second-order valence-electron chi connectivity index (χ2n) is 10.00. The lowest BCUT2D eigenvalue weighted by atomic mass is 9.92. The molecule has 2 aromatic heterocycles. The van der Waals surface area contributed by atoms with Gasteiger partial charge in [-0.25, -0.2) is 9.97 Å². The first kappa shape index (κ1) is 24.2. The fourth-order valence-corrected chi connectivity index (χ4v) is 5.87. The van der Waals surface area contributed by atoms with E-state index in [-0.39, 0.29) is 12.6 Å². The van der Waals surface area contributed by atoms with Gasteiger partial charge in [0.15, 0.2) is 0 Å². The first-order chi connectivity index (χ1) is 18.2. The molecular formula is C29H32ClN5O2. The minimum Gasteiger partial charge on any atom is -0.491 e. The van der Waals surface area contributed by atoms with Gasteiger partial charge in [-0.1, -0.05) is 30.2 Å². The van der Waals surface area contributed by atoms with Gasteiger partial charge < -0.3 is 24.6 Å². The van der Waals surface area contributed by atoms with Crippen LogP contribution in [0.5, 0.6) is 5.75 Å². The summed E-state index contributed by atoms with van der Waals surface area (Å²) in [5, 5.41) is 12.4. The van der Waals surface area contributed by atoms with Gasteiger partial charge in [0.05, 0.1) is 6.04 Å². The molecule has 7 nitrogen and oxygen atoms in total. The van der Waals surface area contributed by atoms with Crippen molar-refractivity contribution in [2.75, 3.05) is 37.7 Å². The molecule has 0 saturated carbocycles. The highest BCUT2D eigenvalue weighted by Crippen LogP contribution is 2.40. The van der Waals surface area contributed by atoms with Gasteiger partial charge in [0, 0.05) is 47.1 Å². The van der Waals surface area contributed by atoms with Crippen molar-refractivity contribution in [3.05, 3.63) is 82.8 Å². The number of anilines is 1. The Balaban J connectivity index is 1.25. The summed E-state index contributed by atoms with van der Waals surface area (Å²) >= 11 is 6.34.